The van der Waals surface area contributed by atoms with Gasteiger partial charge in [0.25, 0.3) is 0 Å². The molecular formula is C38H43ClN10O3. The molecule has 270 valence electrons. The molecule has 0 saturated carbocycles. The summed E-state index contributed by atoms with van der Waals surface area (Å²) in [4.78, 5) is 45.3. The molecule has 8 rings (SSSR count). The van der Waals surface area contributed by atoms with Crippen LogP contribution in [0.3, 0.4) is 0 Å². The van der Waals surface area contributed by atoms with Crippen LogP contribution in [0.4, 0.5) is 21.9 Å². The molecule has 3 aromatic heterocycles. The molecule has 0 spiro atoms. The number of anilines is 3. The van der Waals surface area contributed by atoms with Gasteiger partial charge in [-0.1, -0.05) is 11.6 Å². The fourth-order valence-corrected chi connectivity index (χ4v) is 7.86. The minimum absolute atomic E-state index is 0.217. The third-order valence-corrected chi connectivity index (χ3v) is 10.8. The van der Waals surface area contributed by atoms with Gasteiger partial charge in [-0.05, 0) is 81.1 Å². The molecular weight excluding hydrogens is 680 g/mol. The molecule has 13 nitrogen and oxygen atoms in total. The molecule has 3 aliphatic heterocycles. The summed E-state index contributed by atoms with van der Waals surface area (Å²) in [6.45, 7) is 10.8. The number of hydrogen-bond acceptors (Lipinski definition) is 9. The van der Waals surface area contributed by atoms with E-state index < -0.39 is 0 Å². The molecule has 14 heteroatoms. The van der Waals surface area contributed by atoms with Crippen molar-refractivity contribution in [2.45, 2.75) is 39.2 Å². The summed E-state index contributed by atoms with van der Waals surface area (Å²) < 4.78 is 8.09. The lowest BCUT2D eigenvalue weighted by Crippen LogP contribution is -2.53. The monoisotopic (exact) mass is 722 g/mol. The Labute approximate surface area is 307 Å². The van der Waals surface area contributed by atoms with Gasteiger partial charge in [-0.25, -0.2) is 14.8 Å². The predicted molar refractivity (Wildman–Crippen MR) is 202 cm³/mol. The number of aromatic nitrogens is 5. The van der Waals surface area contributed by atoms with Crippen LogP contribution in [-0.4, -0.2) is 93.4 Å². The minimum atomic E-state index is -0.349. The van der Waals surface area contributed by atoms with Gasteiger partial charge in [-0.2, -0.15) is 5.10 Å². The van der Waals surface area contributed by atoms with E-state index in [0.29, 0.717) is 58.4 Å². The van der Waals surface area contributed by atoms with Crippen molar-refractivity contribution in [3.05, 3.63) is 71.6 Å². The highest BCUT2D eigenvalue weighted by atomic mass is 35.5. The number of imide groups is 1. The van der Waals surface area contributed by atoms with Crippen LogP contribution in [0.25, 0.3) is 22.6 Å². The van der Waals surface area contributed by atoms with Gasteiger partial charge >= 0.3 is 6.03 Å². The first-order valence-electron chi connectivity index (χ1n) is 18.0. The lowest BCUT2D eigenvalue weighted by Gasteiger charge is -2.43. The van der Waals surface area contributed by atoms with Crippen molar-refractivity contribution in [2.24, 2.45) is 13.0 Å². The van der Waals surface area contributed by atoms with Crippen LogP contribution < -0.4 is 24.8 Å². The van der Waals surface area contributed by atoms with Gasteiger partial charge in [0.15, 0.2) is 11.4 Å². The zero-order valence-corrected chi connectivity index (χ0v) is 30.4. The number of halogens is 1. The number of ether oxygens (including phenoxy) is 1. The molecule has 3 aliphatic rings. The molecule has 6 heterocycles. The number of fused-ring (bicyclic) bond motifs is 1. The molecule has 3 saturated heterocycles. The summed E-state index contributed by atoms with van der Waals surface area (Å²) in [7, 11) is 1.88. The zero-order valence-electron chi connectivity index (χ0n) is 29.7. The van der Waals surface area contributed by atoms with Crippen LogP contribution in [0, 0.1) is 12.8 Å². The van der Waals surface area contributed by atoms with E-state index in [1.807, 2.05) is 44.4 Å². The van der Waals surface area contributed by atoms with E-state index in [1.165, 1.54) is 11.4 Å². The van der Waals surface area contributed by atoms with Crippen molar-refractivity contribution >= 4 is 51.8 Å². The van der Waals surface area contributed by atoms with Crippen LogP contribution in [0.15, 0.2) is 60.9 Å². The number of rotatable bonds is 8. The number of piperidine rings is 1. The summed E-state index contributed by atoms with van der Waals surface area (Å²) in [6, 6.07) is 16.5. The second-order valence-corrected chi connectivity index (χ2v) is 14.5. The van der Waals surface area contributed by atoms with E-state index in [1.54, 1.807) is 15.8 Å². The van der Waals surface area contributed by atoms with Crippen molar-refractivity contribution in [3.63, 3.8) is 0 Å². The Kier molecular flexibility index (Phi) is 9.22. The first-order chi connectivity index (χ1) is 25.2. The Hall–Kier alpha value is -5.14. The van der Waals surface area contributed by atoms with Gasteiger partial charge in [0.05, 0.1) is 17.5 Å². The van der Waals surface area contributed by atoms with E-state index in [9.17, 15) is 9.59 Å². The predicted octanol–water partition coefficient (Wildman–Crippen LogP) is 5.99. The maximum atomic E-state index is 12.2. The summed E-state index contributed by atoms with van der Waals surface area (Å²) in [5, 5.41) is 7.23. The van der Waals surface area contributed by atoms with Crippen LogP contribution in [0.2, 0.25) is 5.02 Å². The van der Waals surface area contributed by atoms with Crippen molar-refractivity contribution in [2.75, 3.05) is 60.5 Å². The molecule has 3 amide bonds. The number of imidazole rings is 1. The molecule has 1 atom stereocenters. The quantitative estimate of drug-likeness (QED) is 0.199. The van der Waals surface area contributed by atoms with E-state index in [4.69, 9.17) is 16.3 Å². The number of carbonyl (C=O) groups is 2. The third-order valence-electron chi connectivity index (χ3n) is 10.6. The number of nitrogens with zero attached hydrogens (tertiary/aromatic N) is 8. The first-order valence-corrected chi connectivity index (χ1v) is 18.3. The van der Waals surface area contributed by atoms with E-state index in [2.05, 4.69) is 71.3 Å². The number of benzene rings is 2. The highest BCUT2D eigenvalue weighted by Gasteiger charge is 2.29. The second-order valence-electron chi connectivity index (χ2n) is 14.1. The lowest BCUT2D eigenvalue weighted by atomic mass is 9.94. The Morgan fingerprint density at radius 3 is 2.33 bits per heavy atom. The largest absolute Gasteiger partial charge is 0.453 e. The van der Waals surface area contributed by atoms with Crippen LogP contribution in [0.1, 0.15) is 31.9 Å². The van der Waals surface area contributed by atoms with Crippen LogP contribution in [0.5, 0.6) is 11.5 Å². The van der Waals surface area contributed by atoms with E-state index >= 15 is 0 Å². The minimum Gasteiger partial charge on any atom is -0.453 e. The maximum absolute atomic E-state index is 12.2. The average Bonchev–Trinajstić information content (AvgIpc) is 3.73. The van der Waals surface area contributed by atoms with Crippen molar-refractivity contribution < 1.29 is 14.3 Å². The normalized spacial score (nSPS) is 19.1. The standard InChI is InChI=1S/C38H43ClN10O3/c1-24-21-48(19-18-47(24)22-26-12-15-46(16-13-26)27-4-6-29(7-5-27)49-17-14-33(50)41-38(49)51)28-8-10-30(11-9-28)52-35-32(39)20-40-37-34(35)42-36(43-37)31-23-45(3)44-25(31)2/h4-11,20,23-24,26H,12-19,21-22H2,1-3H3,(H,40,42,43)(H,41,50,51)/t24-/m0/s1. The summed E-state index contributed by atoms with van der Waals surface area (Å²) in [5.74, 6) is 2.30. The molecule has 2 aromatic carbocycles. The third kappa shape index (κ3) is 6.90. The fraction of sp³-hybridized carbons (Fsp3) is 0.395. The molecule has 0 bridgehead atoms. The average molecular weight is 723 g/mol. The van der Waals surface area contributed by atoms with Crippen LogP contribution in [-0.2, 0) is 11.8 Å². The molecule has 5 aromatic rings. The van der Waals surface area contributed by atoms with Crippen molar-refractivity contribution in [1.82, 2.24) is 34.9 Å². The molecule has 52 heavy (non-hydrogen) atoms. The smallest absolute Gasteiger partial charge is 0.328 e. The van der Waals surface area contributed by atoms with Gasteiger partial charge in [0.1, 0.15) is 22.1 Å². The number of aryl methyl sites for hydroxylation is 2. The number of carbonyl (C=O) groups excluding carboxylic acids is 2. The fourth-order valence-electron chi connectivity index (χ4n) is 7.67. The number of H-pyrrole nitrogens is 1. The van der Waals surface area contributed by atoms with E-state index in [0.717, 1.165) is 69.1 Å². The number of hydrogen-bond donors (Lipinski definition) is 2. The molecule has 0 unspecified atom stereocenters. The molecule has 2 N–H and O–H groups in total. The summed E-state index contributed by atoms with van der Waals surface area (Å²) >= 11 is 6.58. The van der Waals surface area contributed by atoms with Gasteiger partial charge in [-0.3, -0.25) is 24.6 Å². The number of urea groups is 1. The molecule has 0 radical (unpaired) electrons. The zero-order chi connectivity index (χ0) is 35.9. The number of aromatic amines is 1. The first kappa shape index (κ1) is 34.0. The Morgan fingerprint density at radius 1 is 0.923 bits per heavy atom. The topological polar surface area (TPSA) is 128 Å². The van der Waals surface area contributed by atoms with Gasteiger partial charge in [0, 0.05) is 88.6 Å². The van der Waals surface area contributed by atoms with Gasteiger partial charge in [0.2, 0.25) is 5.91 Å². The number of pyridine rings is 1. The Balaban J connectivity index is 0.835. The maximum Gasteiger partial charge on any atom is 0.328 e. The Bertz CT molecular complexity index is 2090. The molecule has 3 fully saturated rings. The summed E-state index contributed by atoms with van der Waals surface area (Å²) in [6.07, 6.45) is 6.13. The van der Waals surface area contributed by atoms with E-state index in [-0.39, 0.29) is 11.9 Å². The molecule has 0 aliphatic carbocycles. The van der Waals surface area contributed by atoms with Crippen molar-refractivity contribution in [3.8, 4) is 22.9 Å². The van der Waals surface area contributed by atoms with Crippen LogP contribution >= 0.6 is 11.6 Å². The van der Waals surface area contributed by atoms with Gasteiger partial charge in [-0.15, -0.1) is 0 Å². The highest BCUT2D eigenvalue weighted by Crippen LogP contribution is 2.37. The summed E-state index contributed by atoms with van der Waals surface area (Å²) in [5.41, 5.74) is 6.12. The number of nitrogens with one attached hydrogen (secondary N) is 2. The second kappa shape index (κ2) is 14.1. The lowest BCUT2D eigenvalue weighted by molar-refractivity contribution is -0.120. The van der Waals surface area contributed by atoms with Crippen molar-refractivity contribution in [1.29, 1.82) is 0 Å². The number of piperazine rings is 1. The van der Waals surface area contributed by atoms with Gasteiger partial charge < -0.3 is 19.5 Å². The number of amides is 3. The Morgan fingerprint density at radius 2 is 1.63 bits per heavy atom. The SMILES string of the molecule is Cc1nn(C)cc1-c1nc2ncc(Cl)c(Oc3ccc(N4CCN(CC5CCN(c6ccc(N7CCC(=O)NC7=O)cc6)CC5)[C@@H](C)C4)cc3)c2[nH]1. The highest BCUT2D eigenvalue weighted by molar-refractivity contribution is 6.32.